The second kappa shape index (κ2) is 50.3. The number of hydrogen-bond acceptors (Lipinski definition) is 12. The molecule has 0 aromatic rings. The van der Waals surface area contributed by atoms with Crippen LogP contribution in [0.1, 0.15) is 284 Å². The largest absolute Gasteiger partial charge is 0.472 e. The molecule has 8 atom stereocenters. The van der Waals surface area contributed by atoms with Gasteiger partial charge in [0.25, 0.3) is 0 Å². The van der Waals surface area contributed by atoms with Gasteiger partial charge >= 0.3 is 19.8 Å². The number of aliphatic hydroxyl groups is 5. The van der Waals surface area contributed by atoms with Crippen LogP contribution in [0.2, 0.25) is 0 Å². The maximum Gasteiger partial charge on any atom is 0.472 e. The van der Waals surface area contributed by atoms with Gasteiger partial charge in [-0.25, -0.2) is 4.57 Å². The highest BCUT2D eigenvalue weighted by atomic mass is 31.2. The van der Waals surface area contributed by atoms with Crippen molar-refractivity contribution in [1.29, 1.82) is 0 Å². The van der Waals surface area contributed by atoms with E-state index in [2.05, 4.69) is 44.2 Å². The number of phosphoric ester groups is 1. The third-order valence-electron chi connectivity index (χ3n) is 14.4. The Balaban J connectivity index is 2.34. The van der Waals surface area contributed by atoms with Crippen molar-refractivity contribution in [3.8, 4) is 0 Å². The highest BCUT2D eigenvalue weighted by Crippen LogP contribution is 2.47. The van der Waals surface area contributed by atoms with E-state index in [0.717, 1.165) is 32.1 Å². The van der Waals surface area contributed by atoms with Crippen LogP contribution in [0.25, 0.3) is 0 Å². The fourth-order valence-corrected chi connectivity index (χ4v) is 10.5. The molecule has 1 rings (SSSR count). The molecule has 0 radical (unpaired) electrons. The number of esters is 2. The monoisotopic (exact) mass is 1080 g/mol. The lowest BCUT2D eigenvalue weighted by molar-refractivity contribution is -0.220. The van der Waals surface area contributed by atoms with Gasteiger partial charge in [-0.3, -0.25) is 18.6 Å². The van der Waals surface area contributed by atoms with Crippen LogP contribution in [0.4, 0.5) is 0 Å². The fourth-order valence-electron chi connectivity index (χ4n) is 9.55. The molecule has 13 nitrogen and oxygen atoms in total. The predicted molar refractivity (Wildman–Crippen MR) is 304 cm³/mol. The van der Waals surface area contributed by atoms with Crippen LogP contribution in [0.15, 0.2) is 36.5 Å². The van der Waals surface area contributed by atoms with Crippen molar-refractivity contribution in [2.45, 2.75) is 326 Å². The Bertz CT molecular complexity index is 1440. The number of aliphatic hydroxyl groups excluding tert-OH is 5. The summed E-state index contributed by atoms with van der Waals surface area (Å²) in [6.07, 6.45) is 49.4. The Hall–Kier alpha value is -1.93. The molecule has 0 heterocycles. The minimum atomic E-state index is -5.14. The minimum absolute atomic E-state index is 0.0431. The van der Waals surface area contributed by atoms with Crippen LogP contribution < -0.4 is 0 Å². The molecule has 1 fully saturated rings. The maximum atomic E-state index is 12.9. The lowest BCUT2D eigenvalue weighted by Crippen LogP contribution is -2.64. The maximum absolute atomic E-state index is 12.9. The number of carbonyl (C=O) groups excluding carboxylic acids is 2. The van der Waals surface area contributed by atoms with Gasteiger partial charge in [0.15, 0.2) is 6.10 Å². The van der Waals surface area contributed by atoms with Gasteiger partial charge < -0.3 is 39.9 Å². The van der Waals surface area contributed by atoms with Crippen LogP contribution in [0, 0.1) is 0 Å². The first kappa shape index (κ1) is 71.1. The zero-order valence-electron chi connectivity index (χ0n) is 47.6. The van der Waals surface area contributed by atoms with Gasteiger partial charge in [0.1, 0.15) is 43.2 Å². The van der Waals surface area contributed by atoms with Crippen molar-refractivity contribution in [2.75, 3.05) is 13.2 Å². The summed E-state index contributed by atoms with van der Waals surface area (Å²) >= 11 is 0. The van der Waals surface area contributed by atoms with E-state index in [0.29, 0.717) is 25.7 Å². The van der Waals surface area contributed by atoms with E-state index in [4.69, 9.17) is 18.5 Å². The van der Waals surface area contributed by atoms with Gasteiger partial charge in [-0.1, -0.05) is 243 Å². The number of carbonyl (C=O) groups is 2. The van der Waals surface area contributed by atoms with E-state index in [9.17, 15) is 44.6 Å². The first-order chi connectivity index (χ1) is 36.4. The lowest BCUT2D eigenvalue weighted by atomic mass is 9.85. The number of ether oxygens (including phenoxy) is 2. The molecular weight excluding hydrogens is 972 g/mol. The van der Waals surface area contributed by atoms with Gasteiger partial charge in [0, 0.05) is 12.8 Å². The minimum Gasteiger partial charge on any atom is -0.462 e. The third kappa shape index (κ3) is 41.7. The molecule has 1 aliphatic carbocycles. The summed E-state index contributed by atoms with van der Waals surface area (Å²) in [5.74, 6) is -1.17. The molecule has 440 valence electrons. The normalized spacial score (nSPS) is 20.4. The molecule has 0 spiro atoms. The molecule has 0 amide bonds. The van der Waals surface area contributed by atoms with Crippen molar-refractivity contribution >= 4 is 19.8 Å². The summed E-state index contributed by atoms with van der Waals surface area (Å²) in [5, 5.41) is 50.4. The van der Waals surface area contributed by atoms with Crippen LogP contribution in [-0.2, 0) is 32.7 Å². The molecule has 6 unspecified atom stereocenters. The zero-order chi connectivity index (χ0) is 54.9. The molecule has 1 aliphatic rings. The summed E-state index contributed by atoms with van der Waals surface area (Å²) in [6.45, 7) is 3.32. The Morgan fingerprint density at radius 2 is 0.693 bits per heavy atom. The van der Waals surface area contributed by atoms with E-state index in [1.54, 1.807) is 0 Å². The number of hydrogen-bond donors (Lipinski definition) is 6. The van der Waals surface area contributed by atoms with E-state index < -0.39 is 75.7 Å². The summed E-state index contributed by atoms with van der Waals surface area (Å²) in [7, 11) is -5.14. The Morgan fingerprint density at radius 1 is 0.400 bits per heavy atom. The molecule has 0 saturated heterocycles. The van der Waals surface area contributed by atoms with Crippen LogP contribution in [0.5, 0.6) is 0 Å². The van der Waals surface area contributed by atoms with Crippen LogP contribution in [-0.4, -0.2) is 98.3 Å². The van der Waals surface area contributed by atoms with Gasteiger partial charge in [0.2, 0.25) is 0 Å². The molecular formula is C61H113O13P. The molecule has 0 aromatic heterocycles. The number of allylic oxidation sites excluding steroid dienone is 6. The summed E-state index contributed by atoms with van der Waals surface area (Å²) in [6, 6.07) is 0. The highest BCUT2D eigenvalue weighted by molar-refractivity contribution is 7.47. The highest BCUT2D eigenvalue weighted by Gasteiger charge is 2.51. The summed E-state index contributed by atoms with van der Waals surface area (Å²) < 4.78 is 33.7. The number of rotatable bonds is 53. The van der Waals surface area contributed by atoms with Gasteiger partial charge in [-0.2, -0.15) is 0 Å². The summed E-state index contributed by atoms with van der Waals surface area (Å²) in [5.41, 5.74) is 0. The second-order valence-electron chi connectivity index (χ2n) is 21.5. The van der Waals surface area contributed by atoms with Crippen LogP contribution >= 0.6 is 7.82 Å². The average Bonchev–Trinajstić information content (AvgIpc) is 3.39. The van der Waals surface area contributed by atoms with Crippen molar-refractivity contribution < 1.29 is 63.1 Å². The lowest BCUT2D eigenvalue weighted by Gasteiger charge is -2.41. The standard InChI is InChI=1S/C61H113O13P/c1-3-5-7-9-11-13-15-17-19-21-23-25-27-29-31-33-35-37-39-41-43-45-47-49-54(62)71-51-53(52-72-75(69,70)74-61-59(67)57(65)56(64)58(66)60(61)68)73-55(63)50-48-46-44-42-40-38-36-34-32-30-28-26-24-22-20-18-16-14-12-10-8-6-4-2/h33,35,41-44,53,56-61,64-68H,3-32,34,36-40,45-52H2,1-2H3,(H,69,70)/b35-33+,43-41+,44-42+/t53-,56?,57-,58?,59?,60?,61?/m0/s1. The molecule has 0 bridgehead atoms. The quantitative estimate of drug-likeness (QED) is 0.0145. The smallest absolute Gasteiger partial charge is 0.462 e. The first-order valence-electron chi connectivity index (χ1n) is 30.8. The van der Waals surface area contributed by atoms with E-state index in [-0.39, 0.29) is 12.8 Å². The number of unbranched alkanes of at least 4 members (excludes halogenated alkanes) is 35. The van der Waals surface area contributed by atoms with Crippen molar-refractivity contribution in [3.63, 3.8) is 0 Å². The SMILES string of the molecule is CCCCCCCCCCCCCCCC/C=C/CC/C=C/CCCC(=O)OC[C@@H](COP(=O)(O)OC1C(O)C(O)C(O)[C@H](O)C1O)OC(=O)CCC/C=C/CCCCCCCCCCCCCCCCCCCC. The predicted octanol–water partition coefficient (Wildman–Crippen LogP) is 14.9. The molecule has 14 heteroatoms. The zero-order valence-corrected chi connectivity index (χ0v) is 48.5. The van der Waals surface area contributed by atoms with E-state index in [1.165, 1.54) is 199 Å². The second-order valence-corrected chi connectivity index (χ2v) is 22.9. The van der Waals surface area contributed by atoms with Gasteiger partial charge in [0.05, 0.1) is 6.61 Å². The summed E-state index contributed by atoms with van der Waals surface area (Å²) in [4.78, 5) is 36.0. The van der Waals surface area contributed by atoms with Crippen molar-refractivity contribution in [3.05, 3.63) is 36.5 Å². The van der Waals surface area contributed by atoms with E-state index >= 15 is 0 Å². The Labute approximate surface area is 457 Å². The Morgan fingerprint density at radius 3 is 1.05 bits per heavy atom. The van der Waals surface area contributed by atoms with Gasteiger partial charge in [-0.05, 0) is 64.2 Å². The Kier molecular flexibility index (Phi) is 47.7. The van der Waals surface area contributed by atoms with Gasteiger partial charge in [-0.15, -0.1) is 0 Å². The average molecular weight is 1090 g/mol. The van der Waals surface area contributed by atoms with Crippen molar-refractivity contribution in [2.24, 2.45) is 0 Å². The van der Waals surface area contributed by atoms with E-state index in [1.807, 2.05) is 6.08 Å². The molecule has 6 N–H and O–H groups in total. The molecule has 1 saturated carbocycles. The molecule has 0 aliphatic heterocycles. The first-order valence-corrected chi connectivity index (χ1v) is 32.3. The topological polar surface area (TPSA) is 210 Å². The molecule has 0 aromatic carbocycles. The van der Waals surface area contributed by atoms with Crippen LogP contribution in [0.3, 0.4) is 0 Å². The fraction of sp³-hybridized carbons (Fsp3) is 0.869. The van der Waals surface area contributed by atoms with Crippen molar-refractivity contribution in [1.82, 2.24) is 0 Å². The molecule has 75 heavy (non-hydrogen) atoms. The third-order valence-corrected chi connectivity index (χ3v) is 15.4. The number of phosphoric acid groups is 1.